The summed E-state index contributed by atoms with van der Waals surface area (Å²) in [6, 6.07) is 8.05. The lowest BCUT2D eigenvalue weighted by molar-refractivity contribution is 0.378. The van der Waals surface area contributed by atoms with Gasteiger partial charge < -0.3 is 5.73 Å². The summed E-state index contributed by atoms with van der Waals surface area (Å²) in [5, 5.41) is 0.786. The van der Waals surface area contributed by atoms with Crippen molar-refractivity contribution in [1.29, 1.82) is 0 Å². The van der Waals surface area contributed by atoms with Crippen LogP contribution in [0.2, 0.25) is 5.02 Å². The molecule has 0 aliphatic heterocycles. The van der Waals surface area contributed by atoms with Gasteiger partial charge in [-0.15, -0.1) is 0 Å². The van der Waals surface area contributed by atoms with E-state index in [2.05, 4.69) is 19.1 Å². The minimum Gasteiger partial charge on any atom is -0.321 e. The summed E-state index contributed by atoms with van der Waals surface area (Å²) < 4.78 is 0. The third-order valence-corrected chi connectivity index (χ3v) is 4.07. The molecule has 1 aliphatic carbocycles. The topological polar surface area (TPSA) is 26.0 Å². The van der Waals surface area contributed by atoms with Crippen molar-refractivity contribution in [2.75, 3.05) is 0 Å². The lowest BCUT2D eigenvalue weighted by Gasteiger charge is -2.28. The fourth-order valence-electron chi connectivity index (χ4n) is 2.61. The highest BCUT2D eigenvalue weighted by Gasteiger charge is 2.29. The summed E-state index contributed by atoms with van der Waals surface area (Å²) in [5.41, 5.74) is 7.66. The Bertz CT molecular complexity index is 346. The summed E-state index contributed by atoms with van der Waals surface area (Å²) in [6.45, 7) is 2.33. The molecule has 1 aliphatic rings. The van der Waals surface area contributed by atoms with E-state index < -0.39 is 0 Å². The van der Waals surface area contributed by atoms with Gasteiger partial charge in [0.25, 0.3) is 0 Å². The summed E-state index contributed by atoms with van der Waals surface area (Å²) in [5.74, 6) is 0.817. The molecule has 0 saturated heterocycles. The number of benzene rings is 1. The molecule has 0 amide bonds. The maximum Gasteiger partial charge on any atom is 0.0409 e. The van der Waals surface area contributed by atoms with Crippen LogP contribution < -0.4 is 5.73 Å². The second-order valence-corrected chi connectivity index (χ2v) is 5.64. The first-order valence-electron chi connectivity index (χ1n) is 6.15. The predicted octanol–water partition coefficient (Wildman–Crippen LogP) is 4.09. The normalized spacial score (nSPS) is 31.1. The number of hydrogen-bond donors (Lipinski definition) is 1. The molecule has 0 bridgehead atoms. The Hall–Kier alpha value is -0.530. The smallest absolute Gasteiger partial charge is 0.0409 e. The molecule has 2 unspecified atom stereocenters. The van der Waals surface area contributed by atoms with Gasteiger partial charge in [0.2, 0.25) is 0 Å². The lowest BCUT2D eigenvalue weighted by atomic mass is 9.84. The molecule has 2 N–H and O–H groups in total. The summed E-state index contributed by atoms with van der Waals surface area (Å²) in [7, 11) is 0. The molecular weight excluding hydrogens is 218 g/mol. The van der Waals surface area contributed by atoms with Crippen molar-refractivity contribution in [2.24, 2.45) is 11.7 Å². The predicted molar refractivity (Wildman–Crippen MR) is 69.6 cm³/mol. The van der Waals surface area contributed by atoms with Gasteiger partial charge in [0, 0.05) is 10.6 Å². The summed E-state index contributed by atoms with van der Waals surface area (Å²) in [6.07, 6.45) is 5.97. The van der Waals surface area contributed by atoms with Gasteiger partial charge in [-0.25, -0.2) is 0 Å². The molecule has 1 aromatic carbocycles. The monoisotopic (exact) mass is 237 g/mol. The third kappa shape index (κ3) is 2.58. The largest absolute Gasteiger partial charge is 0.321 e. The Kier molecular flexibility index (Phi) is 3.56. The average molecular weight is 238 g/mol. The van der Waals surface area contributed by atoms with Crippen molar-refractivity contribution < 1.29 is 0 Å². The van der Waals surface area contributed by atoms with E-state index in [0.717, 1.165) is 23.8 Å². The maximum absolute atomic E-state index is 6.55. The molecule has 2 rings (SSSR count). The number of rotatable bonds is 1. The average Bonchev–Trinajstić information content (AvgIpc) is 2.43. The second kappa shape index (κ2) is 4.77. The Morgan fingerprint density at radius 3 is 2.56 bits per heavy atom. The van der Waals surface area contributed by atoms with Crippen LogP contribution >= 0.6 is 11.6 Å². The molecule has 16 heavy (non-hydrogen) atoms. The minimum absolute atomic E-state index is 0.130. The number of nitrogens with two attached hydrogens (primary N) is 1. The molecule has 2 atom stereocenters. The van der Waals surface area contributed by atoms with Crippen molar-refractivity contribution in [3.8, 4) is 0 Å². The van der Waals surface area contributed by atoms with Crippen LogP contribution in [-0.4, -0.2) is 0 Å². The maximum atomic E-state index is 6.55. The Labute approximate surface area is 103 Å². The third-order valence-electron chi connectivity index (χ3n) is 3.82. The Balaban J connectivity index is 2.20. The molecule has 1 aromatic rings. The first-order chi connectivity index (χ1) is 7.60. The lowest BCUT2D eigenvalue weighted by Crippen LogP contribution is -2.36. The van der Waals surface area contributed by atoms with Crippen LogP contribution in [-0.2, 0) is 5.54 Å². The van der Waals surface area contributed by atoms with Crippen LogP contribution in [0.4, 0.5) is 0 Å². The highest BCUT2D eigenvalue weighted by Crippen LogP contribution is 2.35. The van der Waals surface area contributed by atoms with Crippen molar-refractivity contribution in [1.82, 2.24) is 0 Å². The van der Waals surface area contributed by atoms with E-state index in [4.69, 9.17) is 17.3 Å². The highest BCUT2D eigenvalue weighted by molar-refractivity contribution is 6.30. The van der Waals surface area contributed by atoms with Crippen molar-refractivity contribution in [2.45, 2.75) is 44.6 Å². The zero-order valence-electron chi connectivity index (χ0n) is 9.88. The van der Waals surface area contributed by atoms with E-state index >= 15 is 0 Å². The second-order valence-electron chi connectivity index (χ2n) is 5.20. The van der Waals surface area contributed by atoms with E-state index in [1.807, 2.05) is 12.1 Å². The van der Waals surface area contributed by atoms with Gasteiger partial charge >= 0.3 is 0 Å². The van der Waals surface area contributed by atoms with Gasteiger partial charge in [-0.1, -0.05) is 43.5 Å². The van der Waals surface area contributed by atoms with Crippen LogP contribution in [0.3, 0.4) is 0 Å². The summed E-state index contributed by atoms with van der Waals surface area (Å²) in [4.78, 5) is 0. The van der Waals surface area contributed by atoms with E-state index in [1.54, 1.807) is 0 Å². The Morgan fingerprint density at radius 1 is 1.19 bits per heavy atom. The van der Waals surface area contributed by atoms with Gasteiger partial charge in [-0.3, -0.25) is 0 Å². The van der Waals surface area contributed by atoms with Gasteiger partial charge in [0.15, 0.2) is 0 Å². The van der Waals surface area contributed by atoms with Crippen LogP contribution in [0.1, 0.15) is 44.6 Å². The quantitative estimate of drug-likeness (QED) is 0.732. The van der Waals surface area contributed by atoms with Crippen LogP contribution in [0, 0.1) is 5.92 Å². The zero-order chi connectivity index (χ0) is 11.6. The molecule has 0 radical (unpaired) electrons. The first-order valence-corrected chi connectivity index (χ1v) is 6.53. The standard InChI is InChI=1S/C14H20ClN/c1-11-3-2-9-14(16,10-8-11)12-4-6-13(15)7-5-12/h4-7,11H,2-3,8-10,16H2,1H3. The molecule has 0 spiro atoms. The molecule has 0 heterocycles. The fourth-order valence-corrected chi connectivity index (χ4v) is 2.74. The van der Waals surface area contributed by atoms with Gasteiger partial charge in [0.1, 0.15) is 0 Å². The van der Waals surface area contributed by atoms with Crippen molar-refractivity contribution >= 4 is 11.6 Å². The molecule has 1 saturated carbocycles. The fraction of sp³-hybridized carbons (Fsp3) is 0.571. The van der Waals surface area contributed by atoms with Gasteiger partial charge in [-0.2, -0.15) is 0 Å². The number of halogens is 1. The van der Waals surface area contributed by atoms with E-state index in [-0.39, 0.29) is 5.54 Å². The highest BCUT2D eigenvalue weighted by atomic mass is 35.5. The van der Waals surface area contributed by atoms with Crippen molar-refractivity contribution in [3.05, 3.63) is 34.9 Å². The summed E-state index contributed by atoms with van der Waals surface area (Å²) >= 11 is 5.91. The molecular formula is C14H20ClN. The van der Waals surface area contributed by atoms with Gasteiger partial charge in [-0.05, 0) is 42.9 Å². The van der Waals surface area contributed by atoms with E-state index in [1.165, 1.54) is 24.8 Å². The van der Waals surface area contributed by atoms with Crippen molar-refractivity contribution in [3.63, 3.8) is 0 Å². The minimum atomic E-state index is -0.130. The van der Waals surface area contributed by atoms with Crippen LogP contribution in [0.25, 0.3) is 0 Å². The Morgan fingerprint density at radius 2 is 1.88 bits per heavy atom. The first kappa shape index (κ1) is 11.9. The van der Waals surface area contributed by atoms with E-state index in [9.17, 15) is 0 Å². The molecule has 2 heteroatoms. The molecule has 1 fully saturated rings. The molecule has 0 aromatic heterocycles. The van der Waals surface area contributed by atoms with E-state index in [0.29, 0.717) is 0 Å². The molecule has 88 valence electrons. The van der Waals surface area contributed by atoms with Gasteiger partial charge in [0.05, 0.1) is 0 Å². The molecule has 1 nitrogen and oxygen atoms in total. The number of hydrogen-bond acceptors (Lipinski definition) is 1. The van der Waals surface area contributed by atoms with Crippen LogP contribution in [0.15, 0.2) is 24.3 Å². The zero-order valence-corrected chi connectivity index (χ0v) is 10.6. The van der Waals surface area contributed by atoms with Crippen LogP contribution in [0.5, 0.6) is 0 Å². The SMILES string of the molecule is CC1CCCC(N)(c2ccc(Cl)cc2)CC1.